The zero-order valence-electron chi connectivity index (χ0n) is 17.4. The maximum atomic E-state index is 13.0. The van der Waals surface area contributed by atoms with Crippen LogP contribution < -0.4 is 15.6 Å². The molecular weight excluding hydrogens is 406 g/mol. The Balaban J connectivity index is 1.98. The van der Waals surface area contributed by atoms with Gasteiger partial charge in [-0.15, -0.1) is 11.3 Å². The summed E-state index contributed by atoms with van der Waals surface area (Å²) in [5.41, 5.74) is 0.647. The fourth-order valence-corrected chi connectivity index (χ4v) is 4.04. The fourth-order valence-electron chi connectivity index (χ4n) is 3.00. The molecule has 1 N–H and O–H groups in total. The Morgan fingerprint density at radius 1 is 1.20 bits per heavy atom. The highest BCUT2D eigenvalue weighted by Crippen LogP contribution is 2.30. The van der Waals surface area contributed by atoms with Gasteiger partial charge in [0.05, 0.1) is 35.5 Å². The Kier molecular flexibility index (Phi) is 6.21. The van der Waals surface area contributed by atoms with Crippen LogP contribution in [0.15, 0.2) is 35.4 Å². The minimum atomic E-state index is -0.832. The number of thiophene rings is 1. The highest BCUT2D eigenvalue weighted by Gasteiger charge is 2.24. The average Bonchev–Trinajstić information content (AvgIpc) is 3.05. The lowest BCUT2D eigenvalue weighted by Crippen LogP contribution is -2.30. The lowest BCUT2D eigenvalue weighted by molar-refractivity contribution is -0.151. The average molecular weight is 429 g/mol. The molecule has 0 saturated heterocycles. The zero-order valence-corrected chi connectivity index (χ0v) is 18.2. The van der Waals surface area contributed by atoms with Crippen molar-refractivity contribution in [3.05, 3.63) is 51.4 Å². The van der Waals surface area contributed by atoms with E-state index in [9.17, 15) is 14.4 Å². The van der Waals surface area contributed by atoms with E-state index in [0.717, 1.165) is 11.3 Å². The van der Waals surface area contributed by atoms with Crippen molar-refractivity contribution in [3.63, 3.8) is 0 Å². The van der Waals surface area contributed by atoms with E-state index in [1.165, 1.54) is 18.0 Å². The van der Waals surface area contributed by atoms with Gasteiger partial charge in [-0.05, 0) is 45.4 Å². The van der Waals surface area contributed by atoms with Gasteiger partial charge in [0.25, 0.3) is 11.5 Å². The largest absolute Gasteiger partial charge is 0.495 e. The Bertz CT molecular complexity index is 1170. The molecule has 8 nitrogen and oxygen atoms in total. The molecule has 30 heavy (non-hydrogen) atoms. The number of rotatable bonds is 6. The monoisotopic (exact) mass is 429 g/mol. The normalized spacial score (nSPS) is 12.1. The number of hydrogen-bond acceptors (Lipinski definition) is 7. The van der Waals surface area contributed by atoms with E-state index in [0.29, 0.717) is 32.1 Å². The van der Waals surface area contributed by atoms with E-state index in [2.05, 4.69) is 10.3 Å². The Morgan fingerprint density at radius 2 is 1.90 bits per heavy atom. The van der Waals surface area contributed by atoms with Gasteiger partial charge in [-0.25, -0.2) is 9.78 Å². The van der Waals surface area contributed by atoms with Crippen molar-refractivity contribution in [1.82, 2.24) is 9.55 Å². The number of nitrogens with zero attached hydrogens (tertiary/aromatic N) is 2. The van der Waals surface area contributed by atoms with Crippen molar-refractivity contribution in [2.45, 2.75) is 39.8 Å². The molecule has 3 rings (SSSR count). The van der Waals surface area contributed by atoms with Crippen molar-refractivity contribution in [2.24, 2.45) is 0 Å². The predicted molar refractivity (Wildman–Crippen MR) is 116 cm³/mol. The molecule has 0 bridgehead atoms. The highest BCUT2D eigenvalue weighted by molar-refractivity contribution is 7.20. The van der Waals surface area contributed by atoms with Gasteiger partial charge in [0.1, 0.15) is 16.6 Å². The van der Waals surface area contributed by atoms with Crippen molar-refractivity contribution in [3.8, 4) is 5.75 Å². The van der Waals surface area contributed by atoms with Gasteiger partial charge < -0.3 is 14.8 Å². The third-order valence-electron chi connectivity index (χ3n) is 4.55. The van der Waals surface area contributed by atoms with E-state index < -0.39 is 17.6 Å². The minimum absolute atomic E-state index is 0.291. The number of methoxy groups -OCH3 is 1. The van der Waals surface area contributed by atoms with Crippen LogP contribution in [0, 0.1) is 6.92 Å². The first-order valence-corrected chi connectivity index (χ1v) is 10.2. The molecule has 1 amide bonds. The molecular formula is C21H23N3O5S. The third-order valence-corrected chi connectivity index (χ3v) is 5.75. The molecule has 158 valence electrons. The molecule has 0 radical (unpaired) electrons. The summed E-state index contributed by atoms with van der Waals surface area (Å²) in [6, 6.07) is 6.23. The molecule has 0 aliphatic carbocycles. The summed E-state index contributed by atoms with van der Waals surface area (Å²) in [6.07, 6.45) is 1.02. The minimum Gasteiger partial charge on any atom is -0.495 e. The molecule has 0 spiro atoms. The van der Waals surface area contributed by atoms with Crippen LogP contribution in [0.4, 0.5) is 5.69 Å². The maximum absolute atomic E-state index is 13.0. The number of aryl methyl sites for hydroxylation is 1. The van der Waals surface area contributed by atoms with Gasteiger partial charge in [-0.2, -0.15) is 0 Å². The summed E-state index contributed by atoms with van der Waals surface area (Å²) < 4.78 is 11.7. The van der Waals surface area contributed by atoms with Gasteiger partial charge in [-0.3, -0.25) is 14.2 Å². The molecule has 3 aromatic rings. The summed E-state index contributed by atoms with van der Waals surface area (Å²) in [5, 5.41) is 3.13. The molecule has 2 aromatic heterocycles. The zero-order chi connectivity index (χ0) is 22.0. The van der Waals surface area contributed by atoms with Crippen LogP contribution in [0.3, 0.4) is 0 Å². The van der Waals surface area contributed by atoms with Crippen molar-refractivity contribution in [2.75, 3.05) is 12.4 Å². The Morgan fingerprint density at radius 3 is 2.57 bits per heavy atom. The number of carbonyl (C=O) groups excluding carboxylic acids is 2. The summed E-state index contributed by atoms with van der Waals surface area (Å²) in [5.74, 6) is -0.351. The smallest absolute Gasteiger partial charge is 0.329 e. The quantitative estimate of drug-likeness (QED) is 0.602. The number of amides is 1. The second-order valence-corrected chi connectivity index (χ2v) is 8.01. The standard InChI is InChI=1S/C21H23N3O5S/c1-11(2)29-21(27)13(4)24-10-22-19-16(20(24)26)12(3)17(30-19)18(25)23-14-8-6-7-9-15(14)28-5/h6-11,13H,1-5H3,(H,23,25). The van der Waals surface area contributed by atoms with Crippen molar-refractivity contribution >= 4 is 39.1 Å². The van der Waals surface area contributed by atoms with Crippen LogP contribution in [-0.4, -0.2) is 34.6 Å². The lowest BCUT2D eigenvalue weighted by atomic mass is 10.2. The van der Waals surface area contributed by atoms with Crippen LogP contribution in [0.2, 0.25) is 0 Å². The summed E-state index contributed by atoms with van der Waals surface area (Å²) in [7, 11) is 1.52. The molecule has 1 atom stereocenters. The third kappa shape index (κ3) is 4.06. The number of para-hydroxylation sites is 2. The summed E-state index contributed by atoms with van der Waals surface area (Å²) in [4.78, 5) is 43.2. The second-order valence-electron chi connectivity index (χ2n) is 7.01. The van der Waals surface area contributed by atoms with Gasteiger partial charge in [-0.1, -0.05) is 12.1 Å². The molecule has 1 aromatic carbocycles. The van der Waals surface area contributed by atoms with Gasteiger partial charge in [0.2, 0.25) is 0 Å². The fraction of sp³-hybridized carbons (Fsp3) is 0.333. The number of nitrogens with one attached hydrogen (secondary N) is 1. The molecule has 0 fully saturated rings. The van der Waals surface area contributed by atoms with E-state index in [1.54, 1.807) is 52.0 Å². The Hall–Kier alpha value is -3.20. The number of fused-ring (bicyclic) bond motifs is 1. The van der Waals surface area contributed by atoms with E-state index in [-0.39, 0.29) is 12.0 Å². The SMILES string of the molecule is COc1ccccc1NC(=O)c1sc2ncn(C(C)C(=O)OC(C)C)c(=O)c2c1C. The number of carbonyl (C=O) groups is 2. The van der Waals surface area contributed by atoms with Crippen molar-refractivity contribution in [1.29, 1.82) is 0 Å². The van der Waals surface area contributed by atoms with Crippen LogP contribution in [0.25, 0.3) is 10.2 Å². The number of aromatic nitrogens is 2. The Labute approximate surface area is 177 Å². The first-order valence-electron chi connectivity index (χ1n) is 9.39. The van der Waals surface area contributed by atoms with Gasteiger partial charge >= 0.3 is 5.97 Å². The van der Waals surface area contributed by atoms with Crippen LogP contribution >= 0.6 is 11.3 Å². The number of anilines is 1. The molecule has 0 saturated carbocycles. The van der Waals surface area contributed by atoms with Crippen molar-refractivity contribution < 1.29 is 19.1 Å². The highest BCUT2D eigenvalue weighted by atomic mass is 32.1. The maximum Gasteiger partial charge on any atom is 0.329 e. The first-order chi connectivity index (χ1) is 14.2. The summed E-state index contributed by atoms with van der Waals surface area (Å²) in [6.45, 7) is 6.76. The van der Waals surface area contributed by atoms with E-state index in [4.69, 9.17) is 9.47 Å². The second kappa shape index (κ2) is 8.66. The predicted octanol–water partition coefficient (Wildman–Crippen LogP) is 3.54. The topological polar surface area (TPSA) is 99.5 Å². The molecule has 9 heteroatoms. The number of hydrogen-bond donors (Lipinski definition) is 1. The molecule has 0 aliphatic heterocycles. The number of esters is 1. The lowest BCUT2D eigenvalue weighted by Gasteiger charge is -2.15. The first kappa shape index (κ1) is 21.5. The number of benzene rings is 1. The van der Waals surface area contributed by atoms with Crippen LogP contribution in [0.1, 0.15) is 42.0 Å². The van der Waals surface area contributed by atoms with Gasteiger partial charge in [0.15, 0.2) is 0 Å². The van der Waals surface area contributed by atoms with Gasteiger partial charge in [0, 0.05) is 0 Å². The molecule has 0 aliphatic rings. The summed E-state index contributed by atoms with van der Waals surface area (Å²) >= 11 is 1.12. The van der Waals surface area contributed by atoms with Crippen LogP contribution in [-0.2, 0) is 9.53 Å². The molecule has 2 heterocycles. The molecule has 1 unspecified atom stereocenters. The van der Waals surface area contributed by atoms with Crippen LogP contribution in [0.5, 0.6) is 5.75 Å². The van der Waals surface area contributed by atoms with E-state index >= 15 is 0 Å². The number of ether oxygens (including phenoxy) is 2. The van der Waals surface area contributed by atoms with E-state index in [1.807, 2.05) is 0 Å².